The smallest absolute Gasteiger partial charge is 0.437 e. The fourth-order valence-corrected chi connectivity index (χ4v) is 4.81. The lowest BCUT2D eigenvalue weighted by Crippen LogP contribution is -2.44. The molecule has 2 aliphatic heterocycles. The number of guanidine groups is 1. The van der Waals surface area contributed by atoms with Gasteiger partial charge in [0.25, 0.3) is 0 Å². The van der Waals surface area contributed by atoms with Gasteiger partial charge in [-0.1, -0.05) is 24.7 Å². The van der Waals surface area contributed by atoms with Gasteiger partial charge in [0.05, 0.1) is 25.2 Å². The highest BCUT2D eigenvalue weighted by Gasteiger charge is 2.47. The number of carbonyl (C=O) groups is 3. The molecule has 1 aromatic rings. The summed E-state index contributed by atoms with van der Waals surface area (Å²) in [6.45, 7) is 13.6. The van der Waals surface area contributed by atoms with Crippen molar-refractivity contribution in [3.8, 4) is 0 Å². The monoisotopic (exact) mass is 553 g/mol. The van der Waals surface area contributed by atoms with Gasteiger partial charge < -0.3 is 19.7 Å². The lowest BCUT2D eigenvalue weighted by atomic mass is 10.0. The Bertz CT molecular complexity index is 1030. The molecule has 13 nitrogen and oxygen atoms in total. The quantitative estimate of drug-likeness (QED) is 0.289. The van der Waals surface area contributed by atoms with Crippen LogP contribution in [0.4, 0.5) is 14.4 Å². The molecule has 0 aliphatic carbocycles. The van der Waals surface area contributed by atoms with Gasteiger partial charge in [-0.25, -0.2) is 14.4 Å². The first kappa shape index (κ1) is 29.6. The van der Waals surface area contributed by atoms with E-state index in [2.05, 4.69) is 32.7 Å². The van der Waals surface area contributed by atoms with Gasteiger partial charge in [0.15, 0.2) is 0 Å². The van der Waals surface area contributed by atoms with Gasteiger partial charge in [0, 0.05) is 6.54 Å². The van der Waals surface area contributed by atoms with E-state index >= 15 is 0 Å². The number of urea groups is 1. The second-order valence-electron chi connectivity index (χ2n) is 11.1. The molecule has 3 heterocycles. The molecular formula is C24H39N7O6S. The highest BCUT2D eigenvalue weighted by molar-refractivity contribution is 7.11. The summed E-state index contributed by atoms with van der Waals surface area (Å²) in [6.07, 6.45) is 1.83. The Hall–Kier alpha value is -3.00. The molecule has 2 N–H and O–H groups in total. The number of hydrogen-bond donors (Lipinski definition) is 2. The van der Waals surface area contributed by atoms with Crippen molar-refractivity contribution in [1.82, 2.24) is 30.8 Å². The molecule has 212 valence electrons. The molecule has 3 rings (SSSR count). The van der Waals surface area contributed by atoms with Gasteiger partial charge >= 0.3 is 18.2 Å². The number of nitrogens with zero attached hydrogens (tertiary/aromatic N) is 5. The van der Waals surface area contributed by atoms with Gasteiger partial charge in [-0.15, -0.1) is 15.2 Å². The zero-order chi connectivity index (χ0) is 28.1. The maximum absolute atomic E-state index is 12.9. The SMILES string of the molecule is CCCCON1C(=O)N2C[C@@H]1CC[C@H]2c1nnc(CN/C(=N\C(=O)OC(C)(C)C)NC(=O)OC(C)(C)C)s1. The number of ether oxygens (including phenoxy) is 2. The molecule has 2 saturated heterocycles. The number of carbonyl (C=O) groups excluding carboxylic acids is 3. The Morgan fingerprint density at radius 2 is 1.82 bits per heavy atom. The standard InChI is InChI=1S/C24H39N7O6S/c1-8-9-12-35-31-15-10-11-16(30(14-15)22(31)34)18-29-28-17(38-18)13-25-19(26-20(32)36-23(2,3)4)27-21(33)37-24(5,6)7/h15-16H,8-14H2,1-7H3,(H2,25,26,27,32,33)/t15-,16-/m0/s1. The van der Waals surface area contributed by atoms with Crippen LogP contribution in [0.2, 0.25) is 0 Å². The van der Waals surface area contributed by atoms with Crippen molar-refractivity contribution < 1.29 is 28.7 Å². The summed E-state index contributed by atoms with van der Waals surface area (Å²) in [5.41, 5.74) is -1.49. The van der Waals surface area contributed by atoms with E-state index in [-0.39, 0.29) is 30.6 Å². The Morgan fingerprint density at radius 3 is 2.47 bits per heavy atom. The average molecular weight is 554 g/mol. The van der Waals surface area contributed by atoms with Crippen molar-refractivity contribution in [3.63, 3.8) is 0 Å². The first-order chi connectivity index (χ1) is 17.8. The van der Waals surface area contributed by atoms with Crippen LogP contribution in [0.15, 0.2) is 4.99 Å². The number of hydrogen-bond acceptors (Lipinski definition) is 9. The number of hydroxylamine groups is 2. The van der Waals surface area contributed by atoms with Crippen LogP contribution >= 0.6 is 11.3 Å². The number of rotatable bonds is 7. The van der Waals surface area contributed by atoms with Gasteiger partial charge in [-0.2, -0.15) is 5.06 Å². The largest absolute Gasteiger partial charge is 0.444 e. The van der Waals surface area contributed by atoms with E-state index in [9.17, 15) is 14.4 Å². The number of aromatic nitrogens is 2. The molecule has 0 radical (unpaired) electrons. The molecule has 0 aromatic carbocycles. The van der Waals surface area contributed by atoms with E-state index in [1.54, 1.807) is 46.4 Å². The van der Waals surface area contributed by atoms with Crippen LogP contribution < -0.4 is 10.6 Å². The minimum Gasteiger partial charge on any atom is -0.444 e. The number of alkyl carbamates (subject to hydrolysis) is 1. The summed E-state index contributed by atoms with van der Waals surface area (Å²) in [5.74, 6) is -0.139. The van der Waals surface area contributed by atoms with E-state index in [0.717, 1.165) is 30.7 Å². The second-order valence-corrected chi connectivity index (χ2v) is 12.2. The van der Waals surface area contributed by atoms with Crippen LogP contribution in [0.25, 0.3) is 0 Å². The molecule has 0 saturated carbocycles. The summed E-state index contributed by atoms with van der Waals surface area (Å²) in [7, 11) is 0. The molecule has 38 heavy (non-hydrogen) atoms. The highest BCUT2D eigenvalue weighted by Crippen LogP contribution is 2.39. The Labute approximate surface area is 227 Å². The number of unbranched alkanes of at least 4 members (excludes halogenated alkanes) is 1. The Balaban J connectivity index is 1.65. The van der Waals surface area contributed by atoms with Crippen molar-refractivity contribution in [2.75, 3.05) is 13.2 Å². The first-order valence-corrected chi connectivity index (χ1v) is 13.7. The maximum Gasteiger partial charge on any atom is 0.437 e. The summed E-state index contributed by atoms with van der Waals surface area (Å²) < 4.78 is 10.5. The second kappa shape index (κ2) is 12.2. The van der Waals surface area contributed by atoms with Gasteiger partial charge in [0.1, 0.15) is 21.2 Å². The number of amides is 4. The Morgan fingerprint density at radius 1 is 1.11 bits per heavy atom. The molecule has 2 bridgehead atoms. The van der Waals surface area contributed by atoms with Gasteiger partial charge in [-0.3, -0.25) is 10.2 Å². The predicted octanol–water partition coefficient (Wildman–Crippen LogP) is 4.12. The van der Waals surface area contributed by atoms with E-state index in [0.29, 0.717) is 18.2 Å². The van der Waals surface area contributed by atoms with E-state index in [1.807, 2.05) is 0 Å². The Kier molecular flexibility index (Phi) is 9.52. The third-order valence-corrected chi connectivity index (χ3v) is 6.47. The van der Waals surface area contributed by atoms with Crippen molar-refractivity contribution in [2.45, 2.75) is 104 Å². The fourth-order valence-electron chi connectivity index (χ4n) is 3.88. The third-order valence-electron chi connectivity index (χ3n) is 5.44. The molecule has 0 spiro atoms. The molecule has 2 fully saturated rings. The molecule has 4 amide bonds. The zero-order valence-electron chi connectivity index (χ0n) is 23.2. The lowest BCUT2D eigenvalue weighted by Gasteiger charge is -2.28. The first-order valence-electron chi connectivity index (χ1n) is 12.9. The van der Waals surface area contributed by atoms with Crippen LogP contribution in [0.5, 0.6) is 0 Å². The number of piperidine rings is 1. The van der Waals surface area contributed by atoms with Crippen LogP contribution in [0.3, 0.4) is 0 Å². The molecule has 14 heteroatoms. The van der Waals surface area contributed by atoms with Crippen molar-refractivity contribution in [1.29, 1.82) is 0 Å². The molecule has 0 unspecified atom stereocenters. The third kappa shape index (κ3) is 8.51. The normalized spacial score (nSPS) is 20.0. The zero-order valence-corrected chi connectivity index (χ0v) is 24.0. The topological polar surface area (TPSA) is 148 Å². The molecule has 2 atom stereocenters. The lowest BCUT2D eigenvalue weighted by molar-refractivity contribution is -0.130. The van der Waals surface area contributed by atoms with Crippen LogP contribution in [-0.2, 0) is 20.9 Å². The van der Waals surface area contributed by atoms with Crippen molar-refractivity contribution >= 4 is 35.5 Å². The number of fused-ring (bicyclic) bond motifs is 2. The van der Waals surface area contributed by atoms with Gasteiger partial charge in [0.2, 0.25) is 5.96 Å². The summed E-state index contributed by atoms with van der Waals surface area (Å²) >= 11 is 1.35. The minimum atomic E-state index is -0.871. The van der Waals surface area contributed by atoms with Crippen molar-refractivity contribution in [3.05, 3.63) is 10.0 Å². The van der Waals surface area contributed by atoms with E-state index < -0.39 is 23.4 Å². The van der Waals surface area contributed by atoms with Crippen molar-refractivity contribution in [2.24, 2.45) is 4.99 Å². The summed E-state index contributed by atoms with van der Waals surface area (Å²) in [5, 5.41) is 16.7. The van der Waals surface area contributed by atoms with Gasteiger partial charge in [-0.05, 0) is 60.8 Å². The van der Waals surface area contributed by atoms with Crippen LogP contribution in [0, 0.1) is 0 Å². The molecule has 1 aromatic heterocycles. The van der Waals surface area contributed by atoms with Crippen LogP contribution in [-0.4, -0.2) is 74.7 Å². The van der Waals surface area contributed by atoms with E-state index in [1.165, 1.54) is 16.4 Å². The summed E-state index contributed by atoms with van der Waals surface area (Å²) in [6, 6.07) is -0.272. The molecule has 2 aliphatic rings. The summed E-state index contributed by atoms with van der Waals surface area (Å²) in [4.78, 5) is 48.9. The van der Waals surface area contributed by atoms with E-state index in [4.69, 9.17) is 14.3 Å². The number of aliphatic imine (C=N–C) groups is 1. The predicted molar refractivity (Wildman–Crippen MR) is 140 cm³/mol. The molecular weight excluding hydrogens is 514 g/mol. The maximum atomic E-state index is 12.9. The fraction of sp³-hybridized carbons (Fsp3) is 0.750. The number of nitrogens with one attached hydrogen (secondary N) is 2. The minimum absolute atomic E-state index is 0.0511. The average Bonchev–Trinajstić information content (AvgIpc) is 3.34. The highest BCUT2D eigenvalue weighted by atomic mass is 32.1. The van der Waals surface area contributed by atoms with Crippen LogP contribution in [0.1, 0.15) is 90.2 Å².